The average Bonchev–Trinajstić information content (AvgIpc) is 3.33. The lowest BCUT2D eigenvalue weighted by Gasteiger charge is -2.10. The van der Waals surface area contributed by atoms with Gasteiger partial charge in [0.25, 0.3) is 5.91 Å². The van der Waals surface area contributed by atoms with Crippen molar-refractivity contribution in [1.82, 2.24) is 29.9 Å². The van der Waals surface area contributed by atoms with Gasteiger partial charge in [0.15, 0.2) is 11.6 Å². The quantitative estimate of drug-likeness (QED) is 0.353. The van der Waals surface area contributed by atoms with Crippen LogP contribution in [0.25, 0.3) is 16.9 Å². The molecule has 0 spiro atoms. The van der Waals surface area contributed by atoms with E-state index in [9.17, 15) is 18.0 Å². The van der Waals surface area contributed by atoms with Crippen LogP contribution >= 0.6 is 0 Å². The van der Waals surface area contributed by atoms with Crippen LogP contribution in [0.5, 0.6) is 0 Å². The zero-order valence-electron chi connectivity index (χ0n) is 19.5. The Bertz CT molecular complexity index is 1430. The summed E-state index contributed by atoms with van der Waals surface area (Å²) in [6.07, 6.45) is 1.96. The van der Waals surface area contributed by atoms with E-state index in [-0.39, 0.29) is 17.3 Å². The van der Waals surface area contributed by atoms with E-state index in [1.165, 1.54) is 25.3 Å². The molecule has 1 aromatic carbocycles. The van der Waals surface area contributed by atoms with Crippen molar-refractivity contribution in [2.75, 3.05) is 5.32 Å². The third-order valence-corrected chi connectivity index (χ3v) is 4.91. The lowest BCUT2D eigenvalue weighted by molar-refractivity contribution is -0.142. The first-order valence-corrected chi connectivity index (χ1v) is 11.0. The molecular formula is C26H20F3N7O. The highest BCUT2D eigenvalue weighted by Crippen LogP contribution is 2.31. The Morgan fingerprint density at radius 1 is 0.838 bits per heavy atom. The Labute approximate surface area is 209 Å². The van der Waals surface area contributed by atoms with Crippen molar-refractivity contribution in [2.45, 2.75) is 13.1 Å². The van der Waals surface area contributed by atoms with Crippen molar-refractivity contribution in [3.8, 4) is 16.9 Å². The first-order chi connectivity index (χ1) is 17.8. The van der Waals surface area contributed by atoms with Crippen molar-refractivity contribution in [3.63, 3.8) is 0 Å². The Morgan fingerprint density at radius 2 is 1.57 bits per heavy atom. The number of halogens is 3. The second kappa shape index (κ2) is 11.2. The summed E-state index contributed by atoms with van der Waals surface area (Å²) >= 11 is 0. The lowest BCUT2D eigenvalue weighted by Crippen LogP contribution is -2.16. The molecule has 0 saturated heterocycles. The van der Waals surface area contributed by atoms with Gasteiger partial charge in [-0.3, -0.25) is 14.8 Å². The highest BCUT2D eigenvalue weighted by atomic mass is 19.4. The SMILES string of the molecule is Cc1cc(C(F)(F)F)n(-c2ccc(NC(=O)c3cncc(-c4ccccc4)c3)nn2)n1.c1ccncc1. The Morgan fingerprint density at radius 3 is 2.16 bits per heavy atom. The van der Waals surface area contributed by atoms with Gasteiger partial charge in [0.05, 0.1) is 11.3 Å². The minimum absolute atomic E-state index is 0.0799. The summed E-state index contributed by atoms with van der Waals surface area (Å²) in [5.41, 5.74) is 1.21. The van der Waals surface area contributed by atoms with Gasteiger partial charge in [0, 0.05) is 30.4 Å². The van der Waals surface area contributed by atoms with E-state index in [1.54, 1.807) is 24.7 Å². The molecule has 0 atom stereocenters. The number of hydrogen-bond acceptors (Lipinski definition) is 6. The van der Waals surface area contributed by atoms with Crippen molar-refractivity contribution in [1.29, 1.82) is 0 Å². The zero-order valence-corrected chi connectivity index (χ0v) is 19.5. The molecule has 4 heterocycles. The normalized spacial score (nSPS) is 10.8. The summed E-state index contributed by atoms with van der Waals surface area (Å²) < 4.78 is 40.2. The molecule has 1 amide bonds. The molecule has 0 aliphatic heterocycles. The molecular weight excluding hydrogens is 483 g/mol. The molecule has 8 nitrogen and oxygen atoms in total. The minimum atomic E-state index is -4.59. The van der Waals surface area contributed by atoms with Crippen LogP contribution in [0, 0.1) is 6.92 Å². The maximum absolute atomic E-state index is 13.2. The van der Waals surface area contributed by atoms with Gasteiger partial charge in [-0.1, -0.05) is 36.4 Å². The number of rotatable bonds is 4. The Kier molecular flexibility index (Phi) is 7.62. The molecule has 0 aliphatic carbocycles. The van der Waals surface area contributed by atoms with Crippen molar-refractivity contribution < 1.29 is 18.0 Å². The van der Waals surface area contributed by atoms with Gasteiger partial charge in [0.1, 0.15) is 5.69 Å². The summed E-state index contributed by atoms with van der Waals surface area (Å²) in [7, 11) is 0. The van der Waals surface area contributed by atoms with Crippen molar-refractivity contribution in [3.05, 3.63) is 115 Å². The van der Waals surface area contributed by atoms with Crippen LogP contribution < -0.4 is 5.32 Å². The fourth-order valence-corrected chi connectivity index (χ4v) is 3.23. The maximum Gasteiger partial charge on any atom is 0.433 e. The molecule has 0 unspecified atom stereocenters. The molecule has 5 rings (SSSR count). The third-order valence-electron chi connectivity index (χ3n) is 4.91. The van der Waals surface area contributed by atoms with E-state index in [2.05, 4.69) is 30.6 Å². The number of pyridine rings is 2. The predicted molar refractivity (Wildman–Crippen MR) is 131 cm³/mol. The van der Waals surface area contributed by atoms with E-state index in [1.807, 2.05) is 48.5 Å². The van der Waals surface area contributed by atoms with Crippen LogP contribution in [0.4, 0.5) is 19.0 Å². The fraction of sp³-hybridized carbons (Fsp3) is 0.0769. The molecule has 0 radical (unpaired) electrons. The molecule has 1 N–H and O–H groups in total. The van der Waals surface area contributed by atoms with Gasteiger partial charge in [-0.25, -0.2) is 4.68 Å². The number of nitrogens with one attached hydrogen (secondary N) is 1. The molecule has 5 aromatic rings. The summed E-state index contributed by atoms with van der Waals surface area (Å²) in [5.74, 6) is -0.513. The molecule has 11 heteroatoms. The minimum Gasteiger partial charge on any atom is -0.305 e. The van der Waals surface area contributed by atoms with Gasteiger partial charge in [0.2, 0.25) is 0 Å². The van der Waals surface area contributed by atoms with Crippen LogP contribution in [0.2, 0.25) is 0 Å². The highest BCUT2D eigenvalue weighted by molar-refractivity contribution is 6.04. The number of carbonyl (C=O) groups is 1. The monoisotopic (exact) mass is 503 g/mol. The van der Waals surface area contributed by atoms with Crippen LogP contribution in [-0.4, -0.2) is 35.9 Å². The van der Waals surface area contributed by atoms with Crippen LogP contribution in [0.15, 0.2) is 97.6 Å². The average molecular weight is 503 g/mol. The van der Waals surface area contributed by atoms with Gasteiger partial charge >= 0.3 is 6.18 Å². The van der Waals surface area contributed by atoms with E-state index in [0.29, 0.717) is 10.2 Å². The van der Waals surface area contributed by atoms with Gasteiger partial charge in [-0.15, -0.1) is 10.2 Å². The van der Waals surface area contributed by atoms with Crippen molar-refractivity contribution >= 4 is 11.7 Å². The van der Waals surface area contributed by atoms with E-state index in [0.717, 1.165) is 17.2 Å². The molecule has 186 valence electrons. The van der Waals surface area contributed by atoms with Crippen LogP contribution in [0.1, 0.15) is 21.7 Å². The topological polar surface area (TPSA) is 98.5 Å². The zero-order chi connectivity index (χ0) is 26.3. The molecule has 0 saturated carbocycles. The van der Waals surface area contributed by atoms with Gasteiger partial charge in [-0.2, -0.15) is 18.3 Å². The van der Waals surface area contributed by atoms with Crippen LogP contribution in [-0.2, 0) is 6.18 Å². The van der Waals surface area contributed by atoms with Gasteiger partial charge in [-0.05, 0) is 48.9 Å². The molecule has 0 bridgehead atoms. The number of amides is 1. The first-order valence-electron chi connectivity index (χ1n) is 11.0. The van der Waals surface area contributed by atoms with Gasteiger partial charge < -0.3 is 5.32 Å². The smallest absolute Gasteiger partial charge is 0.305 e. The maximum atomic E-state index is 13.2. The van der Waals surface area contributed by atoms with Crippen molar-refractivity contribution in [2.24, 2.45) is 0 Å². The van der Waals surface area contributed by atoms with E-state index < -0.39 is 17.8 Å². The largest absolute Gasteiger partial charge is 0.433 e. The number of alkyl halides is 3. The summed E-state index contributed by atoms with van der Waals surface area (Å²) in [6.45, 7) is 1.45. The number of aryl methyl sites for hydroxylation is 1. The van der Waals surface area contributed by atoms with E-state index >= 15 is 0 Å². The highest BCUT2D eigenvalue weighted by Gasteiger charge is 2.36. The summed E-state index contributed by atoms with van der Waals surface area (Å²) in [5, 5.41) is 14.0. The van der Waals surface area contributed by atoms with Crippen LogP contribution in [0.3, 0.4) is 0 Å². The molecule has 0 fully saturated rings. The third kappa shape index (κ3) is 6.60. The second-order valence-corrected chi connectivity index (χ2v) is 7.66. The fourth-order valence-electron chi connectivity index (χ4n) is 3.23. The summed E-state index contributed by atoms with van der Waals surface area (Å²) in [4.78, 5) is 20.4. The lowest BCUT2D eigenvalue weighted by atomic mass is 10.1. The van der Waals surface area contributed by atoms with E-state index in [4.69, 9.17) is 0 Å². The predicted octanol–water partition coefficient (Wildman–Crippen LogP) is 5.39. The number of benzene rings is 1. The Balaban J connectivity index is 0.000000469. The number of aromatic nitrogens is 6. The second-order valence-electron chi connectivity index (χ2n) is 7.66. The summed E-state index contributed by atoms with van der Waals surface area (Å²) in [6, 6.07) is 20.4. The molecule has 4 aromatic heterocycles. The number of anilines is 1. The molecule has 37 heavy (non-hydrogen) atoms. The Hall–Kier alpha value is -4.93. The number of nitrogens with zero attached hydrogens (tertiary/aromatic N) is 6. The number of hydrogen-bond donors (Lipinski definition) is 1. The standard InChI is InChI=1S/C21H15F3N6O.C5H5N/c1-13-9-17(21(22,23)24)30(29-13)19-8-7-18(27-28-19)26-20(31)16-10-15(11-25-12-16)14-5-3-2-4-6-14;1-2-4-6-5-3-1/h2-12H,1H3,(H,26,27,31);1-5H. The first kappa shape index (κ1) is 25.2. The molecule has 0 aliphatic rings. The number of carbonyl (C=O) groups excluding carboxylic acids is 1.